The Morgan fingerprint density at radius 3 is 2.38 bits per heavy atom. The summed E-state index contributed by atoms with van der Waals surface area (Å²) in [5.41, 5.74) is 0. The van der Waals surface area contributed by atoms with Crippen LogP contribution in [-0.2, 0) is 9.59 Å². The van der Waals surface area contributed by atoms with E-state index in [9.17, 15) is 14.4 Å². The number of carboxylic acids is 1. The molecule has 0 unspecified atom stereocenters. The highest BCUT2D eigenvalue weighted by molar-refractivity contribution is 8.13. The molecule has 0 bridgehead atoms. The molecule has 1 N–H and O–H groups in total. The van der Waals surface area contributed by atoms with E-state index in [0.29, 0.717) is 6.54 Å². The lowest BCUT2D eigenvalue weighted by atomic mass is 10.3. The summed E-state index contributed by atoms with van der Waals surface area (Å²) >= 11 is 0.877. The van der Waals surface area contributed by atoms with Gasteiger partial charge in [-0.05, 0) is 6.42 Å². The van der Waals surface area contributed by atoms with E-state index in [0.717, 1.165) is 29.5 Å². The highest BCUT2D eigenvalue weighted by Crippen LogP contribution is 2.11. The molecule has 92 valence electrons. The summed E-state index contributed by atoms with van der Waals surface area (Å²) in [6.45, 7) is 3.72. The number of rotatable bonds is 6. The number of amides is 2. The summed E-state index contributed by atoms with van der Waals surface area (Å²) in [6, 6.07) is 0. The SMILES string of the molecule is CCCCN(C(C)=O)C(=O)SCCC(=O)O. The Kier molecular flexibility index (Phi) is 7.62. The van der Waals surface area contributed by atoms with Crippen LogP contribution < -0.4 is 0 Å². The largest absolute Gasteiger partial charge is 0.481 e. The van der Waals surface area contributed by atoms with E-state index in [4.69, 9.17) is 5.11 Å². The Morgan fingerprint density at radius 1 is 1.31 bits per heavy atom. The molecule has 0 aromatic carbocycles. The topological polar surface area (TPSA) is 74.7 Å². The highest BCUT2D eigenvalue weighted by atomic mass is 32.2. The molecule has 0 aliphatic carbocycles. The summed E-state index contributed by atoms with van der Waals surface area (Å²) < 4.78 is 0. The molecule has 0 saturated carbocycles. The van der Waals surface area contributed by atoms with E-state index < -0.39 is 5.97 Å². The van der Waals surface area contributed by atoms with Crippen molar-refractivity contribution in [2.75, 3.05) is 12.3 Å². The van der Waals surface area contributed by atoms with Gasteiger partial charge in [-0.2, -0.15) is 0 Å². The van der Waals surface area contributed by atoms with Gasteiger partial charge in [0.2, 0.25) is 5.91 Å². The van der Waals surface area contributed by atoms with E-state index in [-0.39, 0.29) is 23.3 Å². The van der Waals surface area contributed by atoms with Gasteiger partial charge in [0.25, 0.3) is 5.24 Å². The van der Waals surface area contributed by atoms with Crippen LogP contribution in [-0.4, -0.2) is 39.4 Å². The fraction of sp³-hybridized carbons (Fsp3) is 0.700. The second-order valence-corrected chi connectivity index (χ2v) is 4.33. The van der Waals surface area contributed by atoms with Crippen LogP contribution in [0.3, 0.4) is 0 Å². The third-order valence-electron chi connectivity index (χ3n) is 1.88. The molecule has 0 aliphatic heterocycles. The molecule has 0 saturated heterocycles. The van der Waals surface area contributed by atoms with Crippen molar-refractivity contribution in [3.05, 3.63) is 0 Å². The quantitative estimate of drug-likeness (QED) is 0.776. The van der Waals surface area contributed by atoms with Crippen molar-refractivity contribution in [1.82, 2.24) is 4.90 Å². The number of carboxylic acid groups (broad SMARTS) is 1. The number of thioether (sulfide) groups is 1. The number of carbonyl (C=O) groups excluding carboxylic acids is 2. The lowest BCUT2D eigenvalue weighted by molar-refractivity contribution is -0.136. The van der Waals surface area contributed by atoms with Crippen molar-refractivity contribution in [3.8, 4) is 0 Å². The number of aliphatic carboxylic acids is 1. The van der Waals surface area contributed by atoms with E-state index >= 15 is 0 Å². The maximum atomic E-state index is 11.5. The molecule has 5 nitrogen and oxygen atoms in total. The van der Waals surface area contributed by atoms with Crippen LogP contribution in [0.1, 0.15) is 33.1 Å². The van der Waals surface area contributed by atoms with Crippen LogP contribution >= 0.6 is 11.8 Å². The molecule has 0 atom stereocenters. The van der Waals surface area contributed by atoms with Gasteiger partial charge in [0.15, 0.2) is 0 Å². The first-order valence-electron chi connectivity index (χ1n) is 5.15. The monoisotopic (exact) mass is 247 g/mol. The van der Waals surface area contributed by atoms with Gasteiger partial charge in [0, 0.05) is 19.2 Å². The molecule has 16 heavy (non-hydrogen) atoms. The normalized spacial score (nSPS) is 9.88. The maximum Gasteiger partial charge on any atom is 0.304 e. The third kappa shape index (κ3) is 6.44. The van der Waals surface area contributed by atoms with Gasteiger partial charge in [-0.1, -0.05) is 25.1 Å². The predicted octanol–water partition coefficient (Wildman–Crippen LogP) is 1.96. The first kappa shape index (κ1) is 15.0. The number of carbonyl (C=O) groups is 3. The fourth-order valence-corrected chi connectivity index (χ4v) is 1.82. The Labute approximate surface area is 99.2 Å². The van der Waals surface area contributed by atoms with Crippen LogP contribution in [0.25, 0.3) is 0 Å². The number of nitrogens with zero attached hydrogens (tertiary/aromatic N) is 1. The zero-order valence-electron chi connectivity index (χ0n) is 9.56. The smallest absolute Gasteiger partial charge is 0.304 e. The molecule has 2 amide bonds. The molecule has 6 heteroatoms. The number of unbranched alkanes of at least 4 members (excludes halogenated alkanes) is 1. The molecule has 0 spiro atoms. The second-order valence-electron chi connectivity index (χ2n) is 3.28. The minimum atomic E-state index is -0.941. The van der Waals surface area contributed by atoms with Crippen LogP contribution in [0.2, 0.25) is 0 Å². The molecule has 0 aromatic rings. The van der Waals surface area contributed by atoms with E-state index in [1.807, 2.05) is 6.92 Å². The van der Waals surface area contributed by atoms with Gasteiger partial charge in [-0.3, -0.25) is 19.3 Å². The van der Waals surface area contributed by atoms with Crippen molar-refractivity contribution < 1.29 is 19.5 Å². The van der Waals surface area contributed by atoms with Gasteiger partial charge in [0.1, 0.15) is 0 Å². The molecular formula is C10H17NO4S. The molecule has 0 rings (SSSR count). The minimum absolute atomic E-state index is 0.0735. The van der Waals surface area contributed by atoms with Crippen molar-refractivity contribution in [2.45, 2.75) is 33.1 Å². The van der Waals surface area contributed by atoms with E-state index in [1.165, 1.54) is 6.92 Å². The van der Waals surface area contributed by atoms with Crippen molar-refractivity contribution in [1.29, 1.82) is 0 Å². The molecule has 0 aliphatic rings. The van der Waals surface area contributed by atoms with Gasteiger partial charge in [0.05, 0.1) is 6.42 Å². The zero-order chi connectivity index (χ0) is 12.6. The summed E-state index contributed by atoms with van der Waals surface area (Å²) in [4.78, 5) is 34.1. The Hall–Kier alpha value is -1.04. The first-order valence-corrected chi connectivity index (χ1v) is 6.14. The summed E-state index contributed by atoms with van der Waals surface area (Å²) in [7, 11) is 0. The van der Waals surface area contributed by atoms with Crippen LogP contribution in [0.15, 0.2) is 0 Å². The average molecular weight is 247 g/mol. The van der Waals surface area contributed by atoms with Gasteiger partial charge in [-0.15, -0.1) is 0 Å². The minimum Gasteiger partial charge on any atom is -0.481 e. The Morgan fingerprint density at radius 2 is 1.94 bits per heavy atom. The van der Waals surface area contributed by atoms with Gasteiger partial charge in [-0.25, -0.2) is 0 Å². The summed E-state index contributed by atoms with van der Waals surface area (Å²) in [6.07, 6.45) is 1.59. The summed E-state index contributed by atoms with van der Waals surface area (Å²) in [5, 5.41) is 8.05. The fourth-order valence-electron chi connectivity index (χ4n) is 0.997. The lowest BCUT2D eigenvalue weighted by Crippen LogP contribution is -2.33. The predicted molar refractivity (Wildman–Crippen MR) is 62.4 cm³/mol. The first-order chi connectivity index (χ1) is 7.49. The van der Waals surface area contributed by atoms with E-state index in [2.05, 4.69) is 0 Å². The van der Waals surface area contributed by atoms with Crippen LogP contribution in [0, 0.1) is 0 Å². The maximum absolute atomic E-state index is 11.5. The molecule has 0 radical (unpaired) electrons. The molecule has 0 aromatic heterocycles. The van der Waals surface area contributed by atoms with Crippen molar-refractivity contribution >= 4 is 28.9 Å². The average Bonchev–Trinajstić information content (AvgIpc) is 2.17. The lowest BCUT2D eigenvalue weighted by Gasteiger charge is -2.17. The standard InChI is InChI=1S/C10H17NO4S/c1-3-4-6-11(8(2)12)10(15)16-7-5-9(13)14/h3-7H2,1-2H3,(H,13,14). The van der Waals surface area contributed by atoms with Crippen LogP contribution in [0.4, 0.5) is 4.79 Å². The third-order valence-corrected chi connectivity index (χ3v) is 2.75. The zero-order valence-corrected chi connectivity index (χ0v) is 10.4. The molecule has 0 heterocycles. The van der Waals surface area contributed by atoms with Crippen LogP contribution in [0.5, 0.6) is 0 Å². The number of hydrogen-bond donors (Lipinski definition) is 1. The molecule has 0 fully saturated rings. The highest BCUT2D eigenvalue weighted by Gasteiger charge is 2.17. The van der Waals surface area contributed by atoms with Crippen molar-refractivity contribution in [2.24, 2.45) is 0 Å². The molecular weight excluding hydrogens is 230 g/mol. The number of hydrogen-bond acceptors (Lipinski definition) is 4. The van der Waals surface area contributed by atoms with E-state index in [1.54, 1.807) is 0 Å². The Balaban J connectivity index is 4.06. The Bertz CT molecular complexity index is 268. The van der Waals surface area contributed by atoms with Gasteiger partial charge >= 0.3 is 5.97 Å². The van der Waals surface area contributed by atoms with Crippen molar-refractivity contribution in [3.63, 3.8) is 0 Å². The number of imide groups is 1. The second kappa shape index (κ2) is 8.15. The van der Waals surface area contributed by atoms with Gasteiger partial charge < -0.3 is 5.11 Å². The summed E-state index contributed by atoms with van der Waals surface area (Å²) in [5.74, 6) is -1.03.